The molecule has 4 heterocycles. The molecule has 0 saturated carbocycles. The van der Waals surface area contributed by atoms with Gasteiger partial charge in [-0.2, -0.15) is 0 Å². The van der Waals surface area contributed by atoms with Crippen LogP contribution in [0.2, 0.25) is 0 Å². The molecule has 1 saturated heterocycles. The first-order valence-electron chi connectivity index (χ1n) is 8.13. The van der Waals surface area contributed by atoms with Crippen LogP contribution in [0.25, 0.3) is 10.7 Å². The number of rotatable bonds is 3. The van der Waals surface area contributed by atoms with Gasteiger partial charge in [0.25, 0.3) is 5.91 Å². The van der Waals surface area contributed by atoms with Gasteiger partial charge in [-0.3, -0.25) is 9.78 Å². The van der Waals surface area contributed by atoms with Crippen molar-refractivity contribution in [1.82, 2.24) is 19.9 Å². The maximum Gasteiger partial charge on any atom is 0.273 e. The Morgan fingerprint density at radius 2 is 1.72 bits per heavy atom. The summed E-state index contributed by atoms with van der Waals surface area (Å²) >= 11 is 1.45. The summed E-state index contributed by atoms with van der Waals surface area (Å²) in [4.78, 5) is 29.9. The lowest BCUT2D eigenvalue weighted by Crippen LogP contribution is -2.49. The van der Waals surface area contributed by atoms with Crippen molar-refractivity contribution in [3.8, 4) is 10.7 Å². The second-order valence-electron chi connectivity index (χ2n) is 5.72. The fraction of sp³-hybridized carbons (Fsp3) is 0.222. The van der Waals surface area contributed by atoms with Gasteiger partial charge < -0.3 is 9.80 Å². The van der Waals surface area contributed by atoms with E-state index in [-0.39, 0.29) is 5.91 Å². The van der Waals surface area contributed by atoms with E-state index in [1.165, 1.54) is 11.3 Å². The molecule has 25 heavy (non-hydrogen) atoms. The number of carbonyl (C=O) groups excluding carboxylic acids is 1. The molecule has 1 aliphatic rings. The molecule has 3 aromatic heterocycles. The quantitative estimate of drug-likeness (QED) is 0.726. The molecule has 126 valence electrons. The number of nitrogens with zero attached hydrogens (tertiary/aromatic N) is 5. The molecule has 0 aliphatic carbocycles. The largest absolute Gasteiger partial charge is 0.353 e. The van der Waals surface area contributed by atoms with E-state index in [0.29, 0.717) is 18.8 Å². The molecule has 0 unspecified atom stereocenters. The predicted octanol–water partition coefficient (Wildman–Crippen LogP) is 2.56. The monoisotopic (exact) mass is 351 g/mol. The van der Waals surface area contributed by atoms with Crippen molar-refractivity contribution in [2.75, 3.05) is 31.1 Å². The van der Waals surface area contributed by atoms with Gasteiger partial charge in [-0.15, -0.1) is 11.3 Å². The van der Waals surface area contributed by atoms with E-state index in [4.69, 9.17) is 0 Å². The molecule has 0 N–H and O–H groups in total. The van der Waals surface area contributed by atoms with E-state index in [9.17, 15) is 4.79 Å². The van der Waals surface area contributed by atoms with Crippen LogP contribution in [0.15, 0.2) is 54.2 Å². The van der Waals surface area contributed by atoms with Crippen molar-refractivity contribution in [2.45, 2.75) is 0 Å². The summed E-state index contributed by atoms with van der Waals surface area (Å²) in [5, 5.41) is 2.59. The van der Waals surface area contributed by atoms with Crippen molar-refractivity contribution >= 4 is 23.1 Å². The second-order valence-corrected chi connectivity index (χ2v) is 6.58. The Bertz CT molecular complexity index is 844. The number of thiazole rings is 1. The molecule has 0 radical (unpaired) electrons. The normalized spacial score (nSPS) is 14.6. The van der Waals surface area contributed by atoms with Crippen LogP contribution < -0.4 is 4.90 Å². The molecule has 1 aliphatic heterocycles. The molecule has 7 heteroatoms. The molecule has 1 fully saturated rings. The summed E-state index contributed by atoms with van der Waals surface area (Å²) in [6.45, 7) is 2.90. The minimum Gasteiger partial charge on any atom is -0.353 e. The third-order valence-electron chi connectivity index (χ3n) is 4.15. The molecule has 0 aromatic carbocycles. The highest BCUT2D eigenvalue weighted by atomic mass is 32.1. The van der Waals surface area contributed by atoms with Gasteiger partial charge in [-0.25, -0.2) is 9.97 Å². The zero-order valence-corrected chi connectivity index (χ0v) is 14.4. The maximum atomic E-state index is 12.7. The lowest BCUT2D eigenvalue weighted by Gasteiger charge is -2.35. The Balaban J connectivity index is 1.42. The molecule has 1 amide bonds. The van der Waals surface area contributed by atoms with Crippen LogP contribution in [0.4, 0.5) is 5.82 Å². The third kappa shape index (κ3) is 3.36. The summed E-state index contributed by atoms with van der Waals surface area (Å²) in [7, 11) is 0. The van der Waals surface area contributed by atoms with Crippen molar-refractivity contribution in [2.24, 2.45) is 0 Å². The highest BCUT2D eigenvalue weighted by Crippen LogP contribution is 2.22. The van der Waals surface area contributed by atoms with E-state index in [0.717, 1.165) is 29.6 Å². The molecule has 0 bridgehead atoms. The molecule has 0 spiro atoms. The van der Waals surface area contributed by atoms with Crippen LogP contribution in [0.5, 0.6) is 0 Å². The number of anilines is 1. The second kappa shape index (κ2) is 6.98. The third-order valence-corrected chi connectivity index (χ3v) is 5.01. The minimum atomic E-state index is -0.0147. The number of carbonyl (C=O) groups is 1. The molecular formula is C18H17N5OS. The van der Waals surface area contributed by atoms with Crippen LogP contribution in [0.3, 0.4) is 0 Å². The molecule has 0 atom stereocenters. The van der Waals surface area contributed by atoms with Crippen LogP contribution >= 0.6 is 11.3 Å². The fourth-order valence-corrected chi connectivity index (χ4v) is 3.59. The van der Waals surface area contributed by atoms with E-state index in [1.807, 2.05) is 46.7 Å². The zero-order valence-electron chi connectivity index (χ0n) is 13.6. The number of hydrogen-bond acceptors (Lipinski definition) is 6. The fourth-order valence-electron chi connectivity index (χ4n) is 2.82. The first-order valence-corrected chi connectivity index (χ1v) is 9.01. The summed E-state index contributed by atoms with van der Waals surface area (Å²) < 4.78 is 0. The van der Waals surface area contributed by atoms with Crippen molar-refractivity contribution in [1.29, 1.82) is 0 Å². The molecular weight excluding hydrogens is 334 g/mol. The first kappa shape index (κ1) is 15.7. The lowest BCUT2D eigenvalue weighted by atomic mass is 10.2. The highest BCUT2D eigenvalue weighted by Gasteiger charge is 2.24. The Labute approximate surface area is 149 Å². The van der Waals surface area contributed by atoms with Gasteiger partial charge in [-0.1, -0.05) is 12.1 Å². The number of piperazine rings is 1. The van der Waals surface area contributed by atoms with Gasteiger partial charge >= 0.3 is 0 Å². The van der Waals surface area contributed by atoms with Crippen LogP contribution in [-0.2, 0) is 0 Å². The van der Waals surface area contributed by atoms with E-state index in [2.05, 4.69) is 19.9 Å². The van der Waals surface area contributed by atoms with E-state index in [1.54, 1.807) is 12.4 Å². The SMILES string of the molecule is O=C(c1csc(-c2ccccn2)n1)N1CCN(c2ccccn2)CC1. The number of aromatic nitrogens is 3. The van der Waals surface area contributed by atoms with Gasteiger partial charge in [0.15, 0.2) is 0 Å². The topological polar surface area (TPSA) is 62.2 Å². The van der Waals surface area contributed by atoms with Crippen LogP contribution in [0.1, 0.15) is 10.5 Å². The highest BCUT2D eigenvalue weighted by molar-refractivity contribution is 7.13. The van der Waals surface area contributed by atoms with Gasteiger partial charge in [0.05, 0.1) is 5.69 Å². The average Bonchev–Trinajstić information content (AvgIpc) is 3.19. The van der Waals surface area contributed by atoms with Gasteiger partial charge in [0.1, 0.15) is 16.5 Å². The summed E-state index contributed by atoms with van der Waals surface area (Å²) in [5.74, 6) is 0.944. The van der Waals surface area contributed by atoms with Crippen molar-refractivity contribution in [3.63, 3.8) is 0 Å². The molecule has 6 nitrogen and oxygen atoms in total. The average molecular weight is 351 g/mol. The van der Waals surface area contributed by atoms with Crippen molar-refractivity contribution < 1.29 is 4.79 Å². The number of amides is 1. The van der Waals surface area contributed by atoms with Crippen LogP contribution in [-0.4, -0.2) is 51.9 Å². The Kier molecular flexibility index (Phi) is 4.39. The Morgan fingerprint density at radius 1 is 0.960 bits per heavy atom. The number of hydrogen-bond donors (Lipinski definition) is 0. The number of pyridine rings is 2. The van der Waals surface area contributed by atoms with Gasteiger partial charge in [0, 0.05) is 44.0 Å². The predicted molar refractivity (Wildman–Crippen MR) is 97.7 cm³/mol. The van der Waals surface area contributed by atoms with E-state index < -0.39 is 0 Å². The smallest absolute Gasteiger partial charge is 0.273 e. The first-order chi connectivity index (χ1) is 12.3. The van der Waals surface area contributed by atoms with Crippen LogP contribution in [0, 0.1) is 0 Å². The maximum absolute atomic E-state index is 12.7. The van der Waals surface area contributed by atoms with Crippen molar-refractivity contribution in [3.05, 3.63) is 59.9 Å². The lowest BCUT2D eigenvalue weighted by molar-refractivity contribution is 0.0741. The Hall–Kier alpha value is -2.80. The molecule has 3 aromatic rings. The van der Waals surface area contributed by atoms with Gasteiger partial charge in [0.2, 0.25) is 0 Å². The standard InChI is InChI=1S/C18H17N5OS/c24-18(15-13-25-17(21-15)14-5-1-3-7-19-14)23-11-9-22(10-12-23)16-6-2-4-8-20-16/h1-8,13H,9-12H2. The summed E-state index contributed by atoms with van der Waals surface area (Å²) in [5.41, 5.74) is 1.29. The molecule has 4 rings (SSSR count). The zero-order chi connectivity index (χ0) is 17.1. The Morgan fingerprint density at radius 3 is 2.40 bits per heavy atom. The van der Waals surface area contributed by atoms with Gasteiger partial charge in [-0.05, 0) is 24.3 Å². The van der Waals surface area contributed by atoms with E-state index >= 15 is 0 Å². The summed E-state index contributed by atoms with van der Waals surface area (Å²) in [6, 6.07) is 11.6. The summed E-state index contributed by atoms with van der Waals surface area (Å²) in [6.07, 6.45) is 3.52. The minimum absolute atomic E-state index is 0.0147.